The third kappa shape index (κ3) is 4.24. The van der Waals surface area contributed by atoms with Crippen LogP contribution in [0.25, 0.3) is 11.4 Å². The molecule has 0 spiro atoms. The highest BCUT2D eigenvalue weighted by atomic mass is 16.5. The Hall–Kier alpha value is -3.22. The molecule has 3 aromatic rings. The average Bonchev–Trinajstić information content (AvgIpc) is 3.04. The number of carbonyl (C=O) groups excluding carboxylic acids is 1. The van der Waals surface area contributed by atoms with Crippen molar-refractivity contribution in [2.75, 3.05) is 11.9 Å². The monoisotopic (exact) mass is 351 g/mol. The van der Waals surface area contributed by atoms with Gasteiger partial charge >= 0.3 is 0 Å². The van der Waals surface area contributed by atoms with Gasteiger partial charge < -0.3 is 10.1 Å². The molecule has 0 unspecified atom stereocenters. The molecule has 7 heteroatoms. The van der Waals surface area contributed by atoms with E-state index in [1.807, 2.05) is 56.3 Å². The second-order valence-electron chi connectivity index (χ2n) is 6.12. The molecule has 0 fully saturated rings. The smallest absolute Gasteiger partial charge is 0.227 e. The standard InChI is InChI=1S/C19H21N5O2/c1-13-7-8-14(2)17(11-13)26-10-9-18(25)20-16-6-4-5-15(12-16)19-21-22-23-24(19)3/h4-8,11-12H,9-10H2,1-3H3,(H,20,25). The van der Waals surface area contributed by atoms with Gasteiger partial charge in [0.15, 0.2) is 5.82 Å². The van der Waals surface area contributed by atoms with Gasteiger partial charge in [-0.1, -0.05) is 24.3 Å². The van der Waals surface area contributed by atoms with Gasteiger partial charge in [0, 0.05) is 18.3 Å². The lowest BCUT2D eigenvalue weighted by Crippen LogP contribution is -2.15. The number of hydrogen-bond acceptors (Lipinski definition) is 5. The summed E-state index contributed by atoms with van der Waals surface area (Å²) in [4.78, 5) is 12.2. The van der Waals surface area contributed by atoms with E-state index in [9.17, 15) is 4.79 Å². The van der Waals surface area contributed by atoms with Crippen molar-refractivity contribution in [3.8, 4) is 17.1 Å². The number of nitrogens with zero attached hydrogens (tertiary/aromatic N) is 4. The van der Waals surface area contributed by atoms with Gasteiger partial charge in [0.05, 0.1) is 13.0 Å². The minimum Gasteiger partial charge on any atom is -0.493 e. The number of aromatic nitrogens is 4. The van der Waals surface area contributed by atoms with Crippen LogP contribution in [0.5, 0.6) is 5.75 Å². The molecule has 0 aliphatic carbocycles. The van der Waals surface area contributed by atoms with Crippen LogP contribution in [0.15, 0.2) is 42.5 Å². The molecule has 0 aliphatic rings. The molecule has 0 radical (unpaired) electrons. The summed E-state index contributed by atoms with van der Waals surface area (Å²) in [5, 5.41) is 14.3. The summed E-state index contributed by atoms with van der Waals surface area (Å²) in [6, 6.07) is 13.4. The summed E-state index contributed by atoms with van der Waals surface area (Å²) in [7, 11) is 1.77. The van der Waals surface area contributed by atoms with Crippen molar-refractivity contribution in [1.82, 2.24) is 20.2 Å². The predicted octanol–water partition coefficient (Wildman–Crippen LogP) is 2.90. The SMILES string of the molecule is Cc1ccc(C)c(OCCC(=O)Nc2cccc(-c3nnnn3C)c2)c1. The summed E-state index contributed by atoms with van der Waals surface area (Å²) >= 11 is 0. The van der Waals surface area contributed by atoms with E-state index in [0.717, 1.165) is 22.4 Å². The first kappa shape index (κ1) is 17.6. The number of aryl methyl sites for hydroxylation is 3. The lowest BCUT2D eigenvalue weighted by Gasteiger charge is -2.10. The van der Waals surface area contributed by atoms with E-state index in [4.69, 9.17) is 4.74 Å². The van der Waals surface area contributed by atoms with Crippen LogP contribution < -0.4 is 10.1 Å². The quantitative estimate of drug-likeness (QED) is 0.738. The molecule has 7 nitrogen and oxygen atoms in total. The van der Waals surface area contributed by atoms with E-state index in [1.165, 1.54) is 0 Å². The molecule has 0 atom stereocenters. The zero-order valence-electron chi connectivity index (χ0n) is 15.1. The normalized spacial score (nSPS) is 10.6. The Kier molecular flexibility index (Phi) is 5.26. The number of tetrazole rings is 1. The summed E-state index contributed by atoms with van der Waals surface area (Å²) in [6.07, 6.45) is 0.267. The lowest BCUT2D eigenvalue weighted by molar-refractivity contribution is -0.116. The maximum Gasteiger partial charge on any atom is 0.227 e. The second kappa shape index (κ2) is 7.77. The number of anilines is 1. The van der Waals surface area contributed by atoms with Gasteiger partial charge in [0.1, 0.15) is 5.75 Å². The maximum absolute atomic E-state index is 12.2. The van der Waals surface area contributed by atoms with Crippen molar-refractivity contribution in [1.29, 1.82) is 0 Å². The van der Waals surface area contributed by atoms with E-state index >= 15 is 0 Å². The molecule has 2 aromatic carbocycles. The van der Waals surface area contributed by atoms with Crippen LogP contribution in [0.3, 0.4) is 0 Å². The molecule has 1 aromatic heterocycles. The number of rotatable bonds is 6. The number of amides is 1. The van der Waals surface area contributed by atoms with Crippen molar-refractivity contribution >= 4 is 11.6 Å². The summed E-state index contributed by atoms with van der Waals surface area (Å²) < 4.78 is 7.32. The Morgan fingerprint density at radius 1 is 1.19 bits per heavy atom. The average molecular weight is 351 g/mol. The van der Waals surface area contributed by atoms with Gasteiger partial charge in [-0.3, -0.25) is 4.79 Å². The molecular formula is C19H21N5O2. The van der Waals surface area contributed by atoms with Crippen molar-refractivity contribution in [3.63, 3.8) is 0 Å². The number of benzene rings is 2. The van der Waals surface area contributed by atoms with Gasteiger partial charge in [-0.05, 0) is 53.6 Å². The first-order chi connectivity index (χ1) is 12.5. The molecule has 0 saturated carbocycles. The molecule has 0 aliphatic heterocycles. The van der Waals surface area contributed by atoms with E-state index < -0.39 is 0 Å². The van der Waals surface area contributed by atoms with Crippen LogP contribution in [-0.4, -0.2) is 32.7 Å². The van der Waals surface area contributed by atoms with Crippen molar-refractivity contribution in [2.45, 2.75) is 20.3 Å². The van der Waals surface area contributed by atoms with Crippen LogP contribution in [0, 0.1) is 13.8 Å². The Labute approximate surface area is 152 Å². The molecule has 1 amide bonds. The molecule has 134 valence electrons. The van der Waals surface area contributed by atoms with Gasteiger partial charge in [-0.15, -0.1) is 5.10 Å². The summed E-state index contributed by atoms with van der Waals surface area (Å²) in [5.74, 6) is 1.34. The summed E-state index contributed by atoms with van der Waals surface area (Å²) in [6.45, 7) is 4.32. The molecular weight excluding hydrogens is 330 g/mol. The fourth-order valence-electron chi connectivity index (χ4n) is 2.55. The maximum atomic E-state index is 12.2. The van der Waals surface area contributed by atoms with Crippen LogP contribution >= 0.6 is 0 Å². The molecule has 0 saturated heterocycles. The van der Waals surface area contributed by atoms with E-state index in [0.29, 0.717) is 18.1 Å². The molecule has 3 rings (SSSR count). The van der Waals surface area contributed by atoms with Crippen LogP contribution in [0.1, 0.15) is 17.5 Å². The third-order valence-electron chi connectivity index (χ3n) is 3.95. The highest BCUT2D eigenvalue weighted by Gasteiger charge is 2.09. The predicted molar refractivity (Wildman–Crippen MR) is 98.9 cm³/mol. The Balaban J connectivity index is 1.57. The fraction of sp³-hybridized carbons (Fsp3) is 0.263. The topological polar surface area (TPSA) is 81.9 Å². The molecule has 26 heavy (non-hydrogen) atoms. The zero-order valence-corrected chi connectivity index (χ0v) is 15.1. The Bertz CT molecular complexity index is 920. The van der Waals surface area contributed by atoms with Gasteiger partial charge in [-0.2, -0.15) is 0 Å². The van der Waals surface area contributed by atoms with E-state index in [2.05, 4.69) is 20.8 Å². The first-order valence-electron chi connectivity index (χ1n) is 8.35. The highest BCUT2D eigenvalue weighted by Crippen LogP contribution is 2.21. The van der Waals surface area contributed by atoms with Crippen molar-refractivity contribution in [2.24, 2.45) is 7.05 Å². The highest BCUT2D eigenvalue weighted by molar-refractivity contribution is 5.91. The fourth-order valence-corrected chi connectivity index (χ4v) is 2.55. The minimum absolute atomic E-state index is 0.108. The zero-order chi connectivity index (χ0) is 18.5. The van der Waals surface area contributed by atoms with Crippen molar-refractivity contribution in [3.05, 3.63) is 53.6 Å². The first-order valence-corrected chi connectivity index (χ1v) is 8.35. The Morgan fingerprint density at radius 2 is 2.04 bits per heavy atom. The molecule has 1 N–H and O–H groups in total. The van der Waals surface area contributed by atoms with Crippen molar-refractivity contribution < 1.29 is 9.53 Å². The number of nitrogens with one attached hydrogen (secondary N) is 1. The molecule has 1 heterocycles. The van der Waals surface area contributed by atoms with Gasteiger partial charge in [-0.25, -0.2) is 4.68 Å². The summed E-state index contributed by atoms with van der Waals surface area (Å²) in [5.41, 5.74) is 3.72. The number of ether oxygens (including phenoxy) is 1. The van der Waals surface area contributed by atoms with Crippen LogP contribution in [-0.2, 0) is 11.8 Å². The third-order valence-corrected chi connectivity index (χ3v) is 3.95. The Morgan fingerprint density at radius 3 is 2.81 bits per heavy atom. The number of carbonyl (C=O) groups is 1. The van der Waals surface area contributed by atoms with Crippen LogP contribution in [0.4, 0.5) is 5.69 Å². The molecule has 0 bridgehead atoms. The second-order valence-corrected chi connectivity index (χ2v) is 6.12. The van der Waals surface area contributed by atoms with Gasteiger partial charge in [0.2, 0.25) is 5.91 Å². The largest absolute Gasteiger partial charge is 0.493 e. The minimum atomic E-state index is -0.108. The van der Waals surface area contributed by atoms with Crippen LogP contribution in [0.2, 0.25) is 0 Å². The lowest BCUT2D eigenvalue weighted by atomic mass is 10.1. The van der Waals surface area contributed by atoms with Gasteiger partial charge in [0.25, 0.3) is 0 Å². The van der Waals surface area contributed by atoms with E-state index in [1.54, 1.807) is 11.7 Å². The number of hydrogen-bond donors (Lipinski definition) is 1. The van der Waals surface area contributed by atoms with E-state index in [-0.39, 0.29) is 12.3 Å².